The molecule has 0 saturated carbocycles. The quantitative estimate of drug-likeness (QED) is 0.507. The van der Waals surface area contributed by atoms with Crippen molar-refractivity contribution >= 4 is 28.8 Å². The Morgan fingerprint density at radius 1 is 1.19 bits per heavy atom. The number of rotatable bonds is 6. The molecule has 1 aromatic heterocycles. The first-order valence-corrected chi connectivity index (χ1v) is 9.09. The molecule has 0 saturated heterocycles. The van der Waals surface area contributed by atoms with Crippen molar-refractivity contribution < 1.29 is 9.59 Å². The molecular formula is C22H23N3O2. The second-order valence-electron chi connectivity index (χ2n) is 6.66. The molecule has 0 aliphatic heterocycles. The molecule has 5 nitrogen and oxygen atoms in total. The summed E-state index contributed by atoms with van der Waals surface area (Å²) in [6.45, 7) is 6.61. The SMILES string of the molecule is CCNC(=O)c1ccc(C=CC(=O)c2nc3ccccc3[nH]2)c(C(C)C)c1. The summed E-state index contributed by atoms with van der Waals surface area (Å²) in [5.41, 5.74) is 4.17. The van der Waals surface area contributed by atoms with Crippen molar-refractivity contribution in [3.8, 4) is 0 Å². The first-order valence-electron chi connectivity index (χ1n) is 9.09. The number of benzene rings is 2. The van der Waals surface area contributed by atoms with E-state index < -0.39 is 0 Å². The highest BCUT2D eigenvalue weighted by Crippen LogP contribution is 2.23. The highest BCUT2D eigenvalue weighted by atomic mass is 16.1. The van der Waals surface area contributed by atoms with Gasteiger partial charge in [-0.1, -0.05) is 38.1 Å². The van der Waals surface area contributed by atoms with Gasteiger partial charge < -0.3 is 10.3 Å². The molecule has 1 amide bonds. The summed E-state index contributed by atoms with van der Waals surface area (Å²) in [6.07, 6.45) is 3.30. The smallest absolute Gasteiger partial charge is 0.251 e. The van der Waals surface area contributed by atoms with Crippen LogP contribution in [0.2, 0.25) is 0 Å². The molecule has 27 heavy (non-hydrogen) atoms. The number of allylic oxidation sites excluding steroid dienone is 1. The molecule has 0 fully saturated rings. The van der Waals surface area contributed by atoms with E-state index in [0.29, 0.717) is 17.9 Å². The minimum absolute atomic E-state index is 0.0896. The minimum Gasteiger partial charge on any atom is -0.352 e. The molecule has 2 N–H and O–H groups in total. The average Bonchev–Trinajstić information content (AvgIpc) is 3.10. The third-order valence-electron chi connectivity index (χ3n) is 4.35. The molecule has 0 bridgehead atoms. The summed E-state index contributed by atoms with van der Waals surface area (Å²) in [4.78, 5) is 31.9. The number of imidazole rings is 1. The third-order valence-corrected chi connectivity index (χ3v) is 4.35. The lowest BCUT2D eigenvalue weighted by Gasteiger charge is -2.12. The molecule has 5 heteroatoms. The van der Waals surface area contributed by atoms with Crippen molar-refractivity contribution in [2.24, 2.45) is 0 Å². The van der Waals surface area contributed by atoms with Gasteiger partial charge in [-0.05, 0) is 54.3 Å². The molecule has 3 rings (SSSR count). The summed E-state index contributed by atoms with van der Waals surface area (Å²) in [6, 6.07) is 13.1. The second-order valence-corrected chi connectivity index (χ2v) is 6.66. The summed E-state index contributed by atoms with van der Waals surface area (Å²) < 4.78 is 0. The Morgan fingerprint density at radius 3 is 2.67 bits per heavy atom. The van der Waals surface area contributed by atoms with Gasteiger partial charge >= 0.3 is 0 Å². The van der Waals surface area contributed by atoms with Crippen LogP contribution in [-0.4, -0.2) is 28.2 Å². The first-order chi connectivity index (χ1) is 13.0. The Labute approximate surface area is 158 Å². The van der Waals surface area contributed by atoms with Crippen LogP contribution in [-0.2, 0) is 0 Å². The molecular weight excluding hydrogens is 338 g/mol. The minimum atomic E-state index is -0.186. The summed E-state index contributed by atoms with van der Waals surface area (Å²) >= 11 is 0. The van der Waals surface area contributed by atoms with Gasteiger partial charge in [-0.15, -0.1) is 0 Å². The highest BCUT2D eigenvalue weighted by molar-refractivity contribution is 6.06. The van der Waals surface area contributed by atoms with Crippen LogP contribution in [0.4, 0.5) is 0 Å². The number of nitrogens with one attached hydrogen (secondary N) is 2. The maximum Gasteiger partial charge on any atom is 0.251 e. The third kappa shape index (κ3) is 4.14. The number of aromatic nitrogens is 2. The number of hydrogen-bond donors (Lipinski definition) is 2. The number of carbonyl (C=O) groups excluding carboxylic acids is 2. The number of H-pyrrole nitrogens is 1. The van der Waals surface area contributed by atoms with Crippen LogP contribution in [0.15, 0.2) is 48.5 Å². The fraction of sp³-hybridized carbons (Fsp3) is 0.227. The van der Waals surface area contributed by atoms with Gasteiger partial charge in [-0.2, -0.15) is 0 Å². The van der Waals surface area contributed by atoms with E-state index in [4.69, 9.17) is 0 Å². The Balaban J connectivity index is 1.86. The van der Waals surface area contributed by atoms with Crippen LogP contribution in [0.3, 0.4) is 0 Å². The van der Waals surface area contributed by atoms with Gasteiger partial charge in [0.25, 0.3) is 5.91 Å². The lowest BCUT2D eigenvalue weighted by Crippen LogP contribution is -2.22. The predicted molar refractivity (Wildman–Crippen MR) is 108 cm³/mol. The van der Waals surface area contributed by atoms with Crippen molar-refractivity contribution in [2.75, 3.05) is 6.54 Å². The van der Waals surface area contributed by atoms with Crippen molar-refractivity contribution in [3.63, 3.8) is 0 Å². The summed E-state index contributed by atoms with van der Waals surface area (Å²) in [7, 11) is 0. The number of amides is 1. The van der Waals surface area contributed by atoms with Crippen molar-refractivity contribution in [1.29, 1.82) is 0 Å². The molecule has 3 aromatic rings. The molecule has 0 unspecified atom stereocenters. The first kappa shape index (κ1) is 18.6. The Bertz CT molecular complexity index is 982. The molecule has 0 spiro atoms. The van der Waals surface area contributed by atoms with E-state index in [1.165, 1.54) is 6.08 Å². The summed E-state index contributed by atoms with van der Waals surface area (Å²) in [5, 5.41) is 2.81. The van der Waals surface area contributed by atoms with E-state index >= 15 is 0 Å². The Kier molecular flexibility index (Phi) is 5.50. The normalized spacial score (nSPS) is 11.4. The molecule has 138 valence electrons. The van der Waals surface area contributed by atoms with Crippen LogP contribution in [0.25, 0.3) is 17.1 Å². The lowest BCUT2D eigenvalue weighted by atomic mass is 9.94. The molecule has 2 aromatic carbocycles. The number of carbonyl (C=O) groups is 2. The van der Waals surface area contributed by atoms with Gasteiger partial charge in [-0.25, -0.2) is 4.98 Å². The zero-order chi connectivity index (χ0) is 19.4. The largest absolute Gasteiger partial charge is 0.352 e. The van der Waals surface area contributed by atoms with Crippen molar-refractivity contribution in [3.05, 3.63) is 71.1 Å². The van der Waals surface area contributed by atoms with Crippen molar-refractivity contribution in [1.82, 2.24) is 15.3 Å². The number of para-hydroxylation sites is 2. The zero-order valence-electron chi connectivity index (χ0n) is 15.7. The van der Waals surface area contributed by atoms with Crippen LogP contribution >= 0.6 is 0 Å². The van der Waals surface area contributed by atoms with Gasteiger partial charge in [-0.3, -0.25) is 9.59 Å². The number of fused-ring (bicyclic) bond motifs is 1. The van der Waals surface area contributed by atoms with E-state index in [0.717, 1.165) is 22.2 Å². The molecule has 0 aliphatic rings. The number of nitrogens with zero attached hydrogens (tertiary/aromatic N) is 1. The molecule has 0 radical (unpaired) electrons. The fourth-order valence-electron chi connectivity index (χ4n) is 2.94. The average molecular weight is 361 g/mol. The van der Waals surface area contributed by atoms with Gasteiger partial charge in [0.1, 0.15) is 0 Å². The maximum atomic E-state index is 12.5. The van der Waals surface area contributed by atoms with E-state index in [-0.39, 0.29) is 17.6 Å². The number of ketones is 1. The molecule has 0 aliphatic carbocycles. The van der Waals surface area contributed by atoms with E-state index in [1.807, 2.05) is 43.3 Å². The molecule has 1 heterocycles. The number of aromatic amines is 1. The summed E-state index contributed by atoms with van der Waals surface area (Å²) in [5.74, 6) is 0.264. The maximum absolute atomic E-state index is 12.5. The zero-order valence-corrected chi connectivity index (χ0v) is 15.7. The van der Waals surface area contributed by atoms with Crippen LogP contribution < -0.4 is 5.32 Å². The predicted octanol–water partition coefficient (Wildman–Crippen LogP) is 4.33. The standard InChI is InChI=1S/C22H23N3O2/c1-4-23-22(27)16-10-9-15(17(13-16)14(2)3)11-12-20(26)21-24-18-7-5-6-8-19(18)25-21/h5-14H,4H2,1-3H3,(H,23,27)(H,24,25). The van der Waals surface area contributed by atoms with Crippen molar-refractivity contribution in [2.45, 2.75) is 26.7 Å². The van der Waals surface area contributed by atoms with E-state index in [2.05, 4.69) is 29.1 Å². The lowest BCUT2D eigenvalue weighted by molar-refractivity contribution is 0.0955. The van der Waals surface area contributed by atoms with Gasteiger partial charge in [0.2, 0.25) is 5.78 Å². The number of hydrogen-bond acceptors (Lipinski definition) is 3. The van der Waals surface area contributed by atoms with Gasteiger partial charge in [0, 0.05) is 12.1 Å². The topological polar surface area (TPSA) is 74.8 Å². The van der Waals surface area contributed by atoms with Crippen LogP contribution in [0.5, 0.6) is 0 Å². The Hall–Kier alpha value is -3.21. The van der Waals surface area contributed by atoms with Gasteiger partial charge in [0.05, 0.1) is 11.0 Å². The Morgan fingerprint density at radius 2 is 1.96 bits per heavy atom. The second kappa shape index (κ2) is 7.99. The fourth-order valence-corrected chi connectivity index (χ4v) is 2.94. The van der Waals surface area contributed by atoms with E-state index in [1.54, 1.807) is 12.1 Å². The van der Waals surface area contributed by atoms with E-state index in [9.17, 15) is 9.59 Å². The van der Waals surface area contributed by atoms with Crippen LogP contribution in [0.1, 0.15) is 58.8 Å². The highest BCUT2D eigenvalue weighted by Gasteiger charge is 2.12. The van der Waals surface area contributed by atoms with Gasteiger partial charge in [0.15, 0.2) is 5.82 Å². The van der Waals surface area contributed by atoms with Crippen LogP contribution in [0, 0.1) is 0 Å². The molecule has 0 atom stereocenters. The monoisotopic (exact) mass is 361 g/mol.